The van der Waals surface area contributed by atoms with E-state index in [0.717, 1.165) is 25.7 Å². The van der Waals surface area contributed by atoms with Crippen LogP contribution in [0.15, 0.2) is 0 Å². The van der Waals surface area contributed by atoms with Crippen molar-refractivity contribution < 1.29 is 8.42 Å². The molecule has 4 heteroatoms. The molecule has 0 heterocycles. The summed E-state index contributed by atoms with van der Waals surface area (Å²) >= 11 is 0. The van der Waals surface area contributed by atoms with Crippen molar-refractivity contribution in [2.75, 3.05) is 12.8 Å². The molecular weight excluding hydrogens is 210 g/mol. The Morgan fingerprint density at radius 3 is 2.47 bits per heavy atom. The normalized spacial score (nSPS) is 27.5. The van der Waals surface area contributed by atoms with Crippen molar-refractivity contribution >= 4 is 9.84 Å². The van der Waals surface area contributed by atoms with Gasteiger partial charge in [0, 0.05) is 6.04 Å². The zero-order valence-electron chi connectivity index (χ0n) is 9.99. The van der Waals surface area contributed by atoms with Gasteiger partial charge in [-0.1, -0.05) is 13.8 Å². The smallest absolute Gasteiger partial charge is 0.153 e. The third-order valence-electron chi connectivity index (χ3n) is 3.28. The highest BCUT2D eigenvalue weighted by Gasteiger charge is 2.33. The van der Waals surface area contributed by atoms with E-state index in [4.69, 9.17) is 0 Å². The molecule has 3 nitrogen and oxygen atoms in total. The molecular formula is C11H23NO2S. The summed E-state index contributed by atoms with van der Waals surface area (Å²) in [5.74, 6) is 0.840. The average Bonchev–Trinajstić information content (AvgIpc) is 2.63. The van der Waals surface area contributed by atoms with Crippen molar-refractivity contribution in [3.05, 3.63) is 0 Å². The average molecular weight is 233 g/mol. The molecule has 15 heavy (non-hydrogen) atoms. The minimum atomic E-state index is -2.84. The molecule has 1 aliphatic rings. The first kappa shape index (κ1) is 13.0. The fourth-order valence-electron chi connectivity index (χ4n) is 2.10. The summed E-state index contributed by atoms with van der Waals surface area (Å²) in [6.45, 7) is 4.14. The summed E-state index contributed by atoms with van der Waals surface area (Å²) in [6.07, 6.45) is 3.44. The summed E-state index contributed by atoms with van der Waals surface area (Å²) in [5, 5.41) is 3.08. The van der Waals surface area contributed by atoms with Crippen molar-refractivity contribution in [2.24, 2.45) is 5.92 Å². The van der Waals surface area contributed by atoms with Crippen molar-refractivity contribution in [1.82, 2.24) is 5.32 Å². The van der Waals surface area contributed by atoms with Crippen LogP contribution in [-0.4, -0.2) is 32.5 Å². The van der Waals surface area contributed by atoms with E-state index in [1.807, 2.05) is 7.05 Å². The molecule has 0 spiro atoms. The number of rotatable bonds is 5. The fraction of sp³-hybridized carbons (Fsp3) is 1.00. The van der Waals surface area contributed by atoms with Gasteiger partial charge in [0.2, 0.25) is 0 Å². The Morgan fingerprint density at radius 2 is 2.00 bits per heavy atom. The lowest BCUT2D eigenvalue weighted by Gasteiger charge is -2.13. The first-order valence-electron chi connectivity index (χ1n) is 5.84. The Kier molecular flexibility index (Phi) is 4.59. The molecule has 0 amide bonds. The zero-order valence-corrected chi connectivity index (χ0v) is 10.8. The van der Waals surface area contributed by atoms with E-state index in [-0.39, 0.29) is 5.25 Å². The van der Waals surface area contributed by atoms with Crippen LogP contribution < -0.4 is 5.32 Å². The van der Waals surface area contributed by atoms with E-state index in [1.165, 1.54) is 0 Å². The predicted octanol–water partition coefficient (Wildman–Crippen LogP) is 1.59. The monoisotopic (exact) mass is 233 g/mol. The first-order valence-corrected chi connectivity index (χ1v) is 7.56. The molecule has 1 N–H and O–H groups in total. The van der Waals surface area contributed by atoms with E-state index in [0.29, 0.717) is 17.7 Å². The predicted molar refractivity (Wildman–Crippen MR) is 63.7 cm³/mol. The van der Waals surface area contributed by atoms with Crippen molar-refractivity contribution in [3.8, 4) is 0 Å². The van der Waals surface area contributed by atoms with Gasteiger partial charge in [-0.15, -0.1) is 0 Å². The number of nitrogens with one attached hydrogen (secondary N) is 1. The van der Waals surface area contributed by atoms with E-state index in [1.54, 1.807) is 0 Å². The van der Waals surface area contributed by atoms with Gasteiger partial charge in [0.05, 0.1) is 11.0 Å². The van der Waals surface area contributed by atoms with Gasteiger partial charge >= 0.3 is 0 Å². The quantitative estimate of drug-likeness (QED) is 0.784. The maximum absolute atomic E-state index is 12.0. The van der Waals surface area contributed by atoms with Crippen molar-refractivity contribution in [2.45, 2.75) is 50.8 Å². The fourth-order valence-corrected chi connectivity index (χ4v) is 4.25. The van der Waals surface area contributed by atoms with Gasteiger partial charge in [-0.3, -0.25) is 0 Å². The van der Waals surface area contributed by atoms with E-state index in [9.17, 15) is 8.42 Å². The Hall–Kier alpha value is -0.0900. The van der Waals surface area contributed by atoms with Gasteiger partial charge in [0.25, 0.3) is 0 Å². The van der Waals surface area contributed by atoms with E-state index in [2.05, 4.69) is 19.2 Å². The third kappa shape index (κ3) is 3.76. The summed E-state index contributed by atoms with van der Waals surface area (Å²) in [4.78, 5) is 0. The molecule has 0 aromatic carbocycles. The Balaban J connectivity index is 2.48. The Bertz CT molecular complexity index is 285. The minimum absolute atomic E-state index is 0.0892. The van der Waals surface area contributed by atoms with E-state index < -0.39 is 9.84 Å². The standard InChI is InChI=1S/C11H23NO2S/c1-9(2)6-7-15(13,14)11-5-4-10(8-11)12-3/h9-12H,4-8H2,1-3H3. The minimum Gasteiger partial charge on any atom is -0.317 e. The molecule has 1 fully saturated rings. The summed E-state index contributed by atoms with van der Waals surface area (Å²) in [7, 11) is -0.928. The van der Waals surface area contributed by atoms with Crippen molar-refractivity contribution in [3.63, 3.8) is 0 Å². The van der Waals surface area contributed by atoms with Gasteiger partial charge in [0.1, 0.15) is 0 Å². The second-order valence-corrected chi connectivity index (χ2v) is 7.37. The maximum Gasteiger partial charge on any atom is 0.153 e. The molecule has 2 unspecified atom stereocenters. The van der Waals surface area contributed by atoms with Crippen LogP contribution in [0.3, 0.4) is 0 Å². The van der Waals surface area contributed by atoms with Gasteiger partial charge in [-0.05, 0) is 38.6 Å². The van der Waals surface area contributed by atoms with Gasteiger partial charge < -0.3 is 5.32 Å². The molecule has 0 aromatic heterocycles. The lowest BCUT2D eigenvalue weighted by atomic mass is 10.2. The molecule has 0 bridgehead atoms. The highest BCUT2D eigenvalue weighted by atomic mass is 32.2. The second kappa shape index (κ2) is 5.30. The molecule has 1 aliphatic carbocycles. The lowest BCUT2D eigenvalue weighted by Crippen LogP contribution is -2.26. The van der Waals surface area contributed by atoms with E-state index >= 15 is 0 Å². The molecule has 0 aromatic rings. The van der Waals surface area contributed by atoms with Gasteiger partial charge in [-0.2, -0.15) is 0 Å². The highest BCUT2D eigenvalue weighted by Crippen LogP contribution is 2.26. The molecule has 1 rings (SSSR count). The Morgan fingerprint density at radius 1 is 1.33 bits per heavy atom. The van der Waals surface area contributed by atoms with Crippen LogP contribution in [0.25, 0.3) is 0 Å². The Labute approximate surface area is 93.6 Å². The zero-order chi connectivity index (χ0) is 11.5. The molecule has 2 atom stereocenters. The summed E-state index contributed by atoms with van der Waals surface area (Å²) in [6, 6.07) is 0.406. The van der Waals surface area contributed by atoms with Crippen LogP contribution >= 0.6 is 0 Å². The van der Waals surface area contributed by atoms with Crippen LogP contribution in [0.1, 0.15) is 39.5 Å². The van der Waals surface area contributed by atoms with Crippen LogP contribution in [-0.2, 0) is 9.84 Å². The second-order valence-electron chi connectivity index (χ2n) is 4.97. The highest BCUT2D eigenvalue weighted by molar-refractivity contribution is 7.92. The van der Waals surface area contributed by atoms with Crippen LogP contribution in [0, 0.1) is 5.92 Å². The maximum atomic E-state index is 12.0. The van der Waals surface area contributed by atoms with Crippen molar-refractivity contribution in [1.29, 1.82) is 0 Å². The van der Waals surface area contributed by atoms with Crippen LogP contribution in [0.2, 0.25) is 0 Å². The molecule has 0 saturated heterocycles. The first-order chi connectivity index (χ1) is 6.95. The summed E-state index contributed by atoms with van der Waals surface area (Å²) < 4.78 is 23.9. The number of sulfone groups is 1. The van der Waals surface area contributed by atoms with Gasteiger partial charge in [0.15, 0.2) is 9.84 Å². The topological polar surface area (TPSA) is 46.2 Å². The van der Waals surface area contributed by atoms with Crippen LogP contribution in [0.5, 0.6) is 0 Å². The third-order valence-corrected chi connectivity index (χ3v) is 5.53. The largest absolute Gasteiger partial charge is 0.317 e. The van der Waals surface area contributed by atoms with Gasteiger partial charge in [-0.25, -0.2) is 8.42 Å². The molecule has 1 saturated carbocycles. The molecule has 0 aliphatic heterocycles. The molecule has 0 radical (unpaired) electrons. The number of hydrogen-bond acceptors (Lipinski definition) is 3. The molecule has 90 valence electrons. The number of hydrogen-bond donors (Lipinski definition) is 1. The lowest BCUT2D eigenvalue weighted by molar-refractivity contribution is 0.552. The SMILES string of the molecule is CNC1CCC(S(=O)(=O)CCC(C)C)C1. The van der Waals surface area contributed by atoms with Crippen LogP contribution in [0.4, 0.5) is 0 Å². The summed E-state index contributed by atoms with van der Waals surface area (Å²) in [5.41, 5.74) is 0.